The van der Waals surface area contributed by atoms with Gasteiger partial charge in [0.05, 0.1) is 19.2 Å². The van der Waals surface area contributed by atoms with Crippen LogP contribution in [-0.4, -0.2) is 23.3 Å². The highest BCUT2D eigenvalue weighted by Gasteiger charge is 2.09. The molecule has 29 heavy (non-hydrogen) atoms. The molecule has 0 aliphatic rings. The van der Waals surface area contributed by atoms with Gasteiger partial charge in [-0.25, -0.2) is 5.43 Å². The third-order valence-electron chi connectivity index (χ3n) is 4.55. The molecule has 0 spiro atoms. The summed E-state index contributed by atoms with van der Waals surface area (Å²) in [7, 11) is 0. The van der Waals surface area contributed by atoms with E-state index in [0.717, 1.165) is 34.0 Å². The van der Waals surface area contributed by atoms with Crippen molar-refractivity contribution in [1.29, 1.82) is 0 Å². The monoisotopic (exact) mass is 409 g/mol. The predicted molar refractivity (Wildman–Crippen MR) is 117 cm³/mol. The van der Waals surface area contributed by atoms with E-state index in [4.69, 9.17) is 16.3 Å². The van der Waals surface area contributed by atoms with Crippen LogP contribution in [0, 0.1) is 13.8 Å². The maximum absolute atomic E-state index is 12.1. The number of amides is 1. The van der Waals surface area contributed by atoms with E-state index in [9.17, 15) is 4.79 Å². The molecule has 0 atom stereocenters. The Morgan fingerprint density at radius 1 is 1.14 bits per heavy atom. The summed E-state index contributed by atoms with van der Waals surface area (Å²) >= 11 is 5.98. The van der Waals surface area contributed by atoms with Crippen molar-refractivity contribution in [2.24, 2.45) is 5.10 Å². The number of halogens is 1. The van der Waals surface area contributed by atoms with E-state index in [1.54, 1.807) is 6.21 Å². The standard InChI is InChI=1S/C23H24ClN3O2/c1-4-29-22-11-5-18(6-12-22)14-23(28)26-25-15-19-13-16(2)27(17(19)3)21-9-7-20(24)8-10-21/h5-13,15H,4,14H2,1-3H3,(H,26,28)/b25-15-. The number of aryl methyl sites for hydroxylation is 1. The minimum Gasteiger partial charge on any atom is -0.494 e. The Bertz CT molecular complexity index is 1010. The van der Waals surface area contributed by atoms with E-state index in [0.29, 0.717) is 11.6 Å². The normalized spacial score (nSPS) is 11.0. The van der Waals surface area contributed by atoms with Crippen LogP contribution in [0.2, 0.25) is 5.02 Å². The first kappa shape index (κ1) is 20.7. The Kier molecular flexibility index (Phi) is 6.73. The molecule has 0 radical (unpaired) electrons. The molecule has 0 bridgehead atoms. The SMILES string of the molecule is CCOc1ccc(CC(=O)N/N=C\c2cc(C)n(-c3ccc(Cl)cc3)c2C)cc1. The molecular weight excluding hydrogens is 386 g/mol. The van der Waals surface area contributed by atoms with Crippen LogP contribution in [0.15, 0.2) is 59.7 Å². The van der Waals surface area contributed by atoms with E-state index in [1.165, 1.54) is 0 Å². The van der Waals surface area contributed by atoms with Crippen LogP contribution < -0.4 is 10.2 Å². The number of nitrogens with one attached hydrogen (secondary N) is 1. The lowest BCUT2D eigenvalue weighted by atomic mass is 10.1. The molecule has 0 saturated heterocycles. The lowest BCUT2D eigenvalue weighted by Crippen LogP contribution is -2.19. The van der Waals surface area contributed by atoms with Gasteiger partial charge in [0.25, 0.3) is 0 Å². The highest BCUT2D eigenvalue weighted by molar-refractivity contribution is 6.30. The number of benzene rings is 2. The fourth-order valence-corrected chi connectivity index (χ4v) is 3.30. The molecule has 1 aromatic heterocycles. The van der Waals surface area contributed by atoms with Crippen molar-refractivity contribution in [2.45, 2.75) is 27.2 Å². The predicted octanol–water partition coefficient (Wildman–Crippen LogP) is 4.84. The Balaban J connectivity index is 1.63. The summed E-state index contributed by atoms with van der Waals surface area (Å²) in [4.78, 5) is 12.1. The van der Waals surface area contributed by atoms with Gasteiger partial charge in [-0.3, -0.25) is 4.79 Å². The van der Waals surface area contributed by atoms with Crippen LogP contribution in [0.1, 0.15) is 29.4 Å². The number of carbonyl (C=O) groups excluding carboxylic acids is 1. The summed E-state index contributed by atoms with van der Waals surface area (Å²) in [6.45, 7) is 6.60. The maximum Gasteiger partial charge on any atom is 0.244 e. The van der Waals surface area contributed by atoms with Crippen LogP contribution >= 0.6 is 11.6 Å². The van der Waals surface area contributed by atoms with E-state index in [-0.39, 0.29) is 12.3 Å². The number of nitrogens with zero attached hydrogens (tertiary/aromatic N) is 2. The highest BCUT2D eigenvalue weighted by atomic mass is 35.5. The molecule has 1 heterocycles. The maximum atomic E-state index is 12.1. The number of carbonyl (C=O) groups is 1. The summed E-state index contributed by atoms with van der Waals surface area (Å²) in [6.07, 6.45) is 1.93. The number of ether oxygens (including phenoxy) is 1. The number of hydrazone groups is 1. The van der Waals surface area contributed by atoms with Crippen molar-refractivity contribution in [3.05, 3.63) is 82.1 Å². The lowest BCUT2D eigenvalue weighted by Gasteiger charge is -2.09. The summed E-state index contributed by atoms with van der Waals surface area (Å²) < 4.78 is 7.53. The molecule has 0 saturated carbocycles. The number of rotatable bonds is 7. The van der Waals surface area contributed by atoms with Crippen LogP contribution in [0.3, 0.4) is 0 Å². The molecule has 150 valence electrons. The quantitative estimate of drug-likeness (QED) is 0.448. The zero-order chi connectivity index (χ0) is 20.8. The smallest absolute Gasteiger partial charge is 0.244 e. The third kappa shape index (κ3) is 5.27. The van der Waals surface area contributed by atoms with Crippen molar-refractivity contribution in [3.63, 3.8) is 0 Å². The van der Waals surface area contributed by atoms with E-state index in [2.05, 4.69) is 15.1 Å². The van der Waals surface area contributed by atoms with Crippen LogP contribution in [0.25, 0.3) is 5.69 Å². The minimum atomic E-state index is -0.170. The second kappa shape index (κ2) is 9.43. The fourth-order valence-electron chi connectivity index (χ4n) is 3.17. The molecule has 0 unspecified atom stereocenters. The zero-order valence-corrected chi connectivity index (χ0v) is 17.5. The second-order valence-electron chi connectivity index (χ2n) is 6.69. The van der Waals surface area contributed by atoms with Gasteiger partial charge in [0.2, 0.25) is 5.91 Å². The Morgan fingerprint density at radius 2 is 1.83 bits per heavy atom. The highest BCUT2D eigenvalue weighted by Crippen LogP contribution is 2.21. The Morgan fingerprint density at radius 3 is 2.48 bits per heavy atom. The molecule has 1 amide bonds. The first-order valence-electron chi connectivity index (χ1n) is 9.46. The summed E-state index contributed by atoms with van der Waals surface area (Å²) in [6, 6.07) is 17.2. The number of hydrogen-bond donors (Lipinski definition) is 1. The minimum absolute atomic E-state index is 0.170. The van der Waals surface area contributed by atoms with Gasteiger partial charge in [0.15, 0.2) is 0 Å². The molecule has 5 nitrogen and oxygen atoms in total. The van der Waals surface area contributed by atoms with Gasteiger partial charge in [0.1, 0.15) is 5.75 Å². The fraction of sp³-hybridized carbons (Fsp3) is 0.217. The Hall–Kier alpha value is -3.05. The van der Waals surface area contributed by atoms with Crippen LogP contribution in [0.5, 0.6) is 5.75 Å². The topological polar surface area (TPSA) is 55.6 Å². The summed E-state index contributed by atoms with van der Waals surface area (Å²) in [5.74, 6) is 0.627. The molecule has 2 aromatic carbocycles. The van der Waals surface area contributed by atoms with Crippen molar-refractivity contribution >= 4 is 23.7 Å². The average molecular weight is 410 g/mol. The van der Waals surface area contributed by atoms with Crippen molar-refractivity contribution < 1.29 is 9.53 Å². The average Bonchev–Trinajstić information content (AvgIpc) is 2.98. The first-order chi connectivity index (χ1) is 14.0. The molecule has 1 N–H and O–H groups in total. The first-order valence-corrected chi connectivity index (χ1v) is 9.84. The largest absolute Gasteiger partial charge is 0.494 e. The van der Waals surface area contributed by atoms with Gasteiger partial charge >= 0.3 is 0 Å². The van der Waals surface area contributed by atoms with E-state index in [1.807, 2.05) is 75.4 Å². The van der Waals surface area contributed by atoms with Crippen molar-refractivity contribution in [1.82, 2.24) is 9.99 Å². The van der Waals surface area contributed by atoms with E-state index >= 15 is 0 Å². The second-order valence-corrected chi connectivity index (χ2v) is 7.12. The molecule has 0 fully saturated rings. The number of hydrogen-bond acceptors (Lipinski definition) is 3. The van der Waals surface area contributed by atoms with Crippen molar-refractivity contribution in [2.75, 3.05) is 6.61 Å². The van der Waals surface area contributed by atoms with Gasteiger partial charge in [-0.2, -0.15) is 5.10 Å². The third-order valence-corrected chi connectivity index (χ3v) is 4.80. The molecule has 0 aliphatic heterocycles. The van der Waals surface area contributed by atoms with Gasteiger partial charge in [-0.1, -0.05) is 23.7 Å². The van der Waals surface area contributed by atoms with Gasteiger partial charge < -0.3 is 9.30 Å². The Labute approximate surface area is 176 Å². The van der Waals surface area contributed by atoms with Crippen molar-refractivity contribution in [3.8, 4) is 11.4 Å². The van der Waals surface area contributed by atoms with Crippen LogP contribution in [0.4, 0.5) is 0 Å². The van der Waals surface area contributed by atoms with Gasteiger partial charge in [0, 0.05) is 27.7 Å². The van der Waals surface area contributed by atoms with Gasteiger partial charge in [-0.15, -0.1) is 0 Å². The van der Waals surface area contributed by atoms with E-state index < -0.39 is 0 Å². The lowest BCUT2D eigenvalue weighted by molar-refractivity contribution is -0.120. The summed E-state index contributed by atoms with van der Waals surface area (Å²) in [5.41, 5.74) is 7.59. The zero-order valence-electron chi connectivity index (χ0n) is 16.8. The molecular formula is C23H24ClN3O2. The van der Waals surface area contributed by atoms with Gasteiger partial charge in [-0.05, 0) is 68.8 Å². The molecule has 6 heteroatoms. The number of aromatic nitrogens is 1. The van der Waals surface area contributed by atoms with Crippen LogP contribution in [-0.2, 0) is 11.2 Å². The molecule has 0 aliphatic carbocycles. The molecule has 3 aromatic rings. The summed E-state index contributed by atoms with van der Waals surface area (Å²) in [5, 5.41) is 4.83. The molecule has 3 rings (SSSR count).